The third-order valence-corrected chi connectivity index (χ3v) is 5.46. The minimum absolute atomic E-state index is 0.0320. The largest absolute Gasteiger partial charge is 0.493 e. The van der Waals surface area contributed by atoms with Gasteiger partial charge in [-0.15, -0.1) is 10.2 Å². The number of benzene rings is 1. The number of halogens is 1. The van der Waals surface area contributed by atoms with Crippen LogP contribution in [0.3, 0.4) is 0 Å². The molecule has 0 bridgehead atoms. The van der Waals surface area contributed by atoms with Crippen LogP contribution < -0.4 is 14.8 Å². The van der Waals surface area contributed by atoms with Crippen LogP contribution in [0.25, 0.3) is 11.3 Å². The lowest BCUT2D eigenvalue weighted by Gasteiger charge is -2.16. The molecule has 0 unspecified atom stereocenters. The van der Waals surface area contributed by atoms with Crippen molar-refractivity contribution in [2.24, 2.45) is 0 Å². The van der Waals surface area contributed by atoms with Gasteiger partial charge in [0.2, 0.25) is 0 Å². The first kappa shape index (κ1) is 16.3. The average molecular weight is 392 g/mol. The second-order valence-corrected chi connectivity index (χ2v) is 7.34. The van der Waals surface area contributed by atoms with E-state index >= 15 is 0 Å². The van der Waals surface area contributed by atoms with Crippen molar-refractivity contribution in [3.8, 4) is 17.2 Å². The molecule has 0 saturated heterocycles. The van der Waals surface area contributed by atoms with E-state index in [0.717, 1.165) is 22.6 Å². The van der Waals surface area contributed by atoms with Crippen molar-refractivity contribution < 1.29 is 13.9 Å². The van der Waals surface area contributed by atoms with Crippen molar-refractivity contribution in [2.75, 3.05) is 18.5 Å². The lowest BCUT2D eigenvalue weighted by Crippen LogP contribution is -2.13. The van der Waals surface area contributed by atoms with Crippen molar-refractivity contribution in [3.63, 3.8) is 0 Å². The molecule has 146 valence electrons. The number of hydrogen-bond acceptors (Lipinski definition) is 6. The molecule has 3 aromatic heterocycles. The summed E-state index contributed by atoms with van der Waals surface area (Å²) in [7, 11) is 0. The Morgan fingerprint density at radius 2 is 2.07 bits per heavy atom. The van der Waals surface area contributed by atoms with Crippen molar-refractivity contribution in [1.82, 2.24) is 24.4 Å². The molecule has 1 aromatic carbocycles. The Kier molecular flexibility index (Phi) is 3.35. The van der Waals surface area contributed by atoms with E-state index in [1.54, 1.807) is 23.3 Å². The molecule has 6 rings (SSSR count). The van der Waals surface area contributed by atoms with Crippen LogP contribution in [0.1, 0.15) is 22.6 Å². The molecule has 5 heterocycles. The fourth-order valence-corrected chi connectivity index (χ4v) is 4.08. The quantitative estimate of drug-likeness (QED) is 0.537. The van der Waals surface area contributed by atoms with Gasteiger partial charge in [-0.2, -0.15) is 5.10 Å². The summed E-state index contributed by atoms with van der Waals surface area (Å²) < 4.78 is 30.2. The predicted molar refractivity (Wildman–Crippen MR) is 102 cm³/mol. The van der Waals surface area contributed by atoms with Gasteiger partial charge in [0.25, 0.3) is 0 Å². The zero-order valence-corrected chi connectivity index (χ0v) is 15.6. The van der Waals surface area contributed by atoms with Gasteiger partial charge in [0.1, 0.15) is 23.6 Å². The molecule has 0 radical (unpaired) electrons. The van der Waals surface area contributed by atoms with Crippen LogP contribution in [0, 0.1) is 12.7 Å². The van der Waals surface area contributed by atoms with E-state index < -0.39 is 0 Å². The van der Waals surface area contributed by atoms with Gasteiger partial charge in [0.15, 0.2) is 17.2 Å². The lowest BCUT2D eigenvalue weighted by molar-refractivity contribution is 0.249. The molecule has 4 aromatic rings. The van der Waals surface area contributed by atoms with Crippen LogP contribution in [-0.4, -0.2) is 37.6 Å². The number of ether oxygens (including phenoxy) is 2. The molecule has 0 spiro atoms. The van der Waals surface area contributed by atoms with Crippen LogP contribution in [-0.2, 0) is 6.54 Å². The van der Waals surface area contributed by atoms with E-state index in [-0.39, 0.29) is 11.7 Å². The Morgan fingerprint density at radius 1 is 1.21 bits per heavy atom. The molecular weight excluding hydrogens is 375 g/mol. The van der Waals surface area contributed by atoms with Crippen LogP contribution in [0.15, 0.2) is 36.9 Å². The van der Waals surface area contributed by atoms with Gasteiger partial charge in [0, 0.05) is 29.9 Å². The monoisotopic (exact) mass is 392 g/mol. The average Bonchev–Trinajstić information content (AvgIpc) is 3.45. The number of pyridine rings is 1. The zero-order valence-electron chi connectivity index (χ0n) is 15.6. The van der Waals surface area contributed by atoms with E-state index in [1.807, 2.05) is 23.6 Å². The second-order valence-electron chi connectivity index (χ2n) is 7.34. The summed E-state index contributed by atoms with van der Waals surface area (Å²) in [5.74, 6) is 1.75. The predicted octanol–water partition coefficient (Wildman–Crippen LogP) is 2.84. The summed E-state index contributed by atoms with van der Waals surface area (Å²) in [4.78, 5) is 0. The summed E-state index contributed by atoms with van der Waals surface area (Å²) >= 11 is 0. The van der Waals surface area contributed by atoms with E-state index in [4.69, 9.17) is 9.47 Å². The molecule has 1 atom stereocenters. The molecule has 2 aliphatic heterocycles. The highest BCUT2D eigenvalue weighted by Gasteiger charge is 2.31. The fourth-order valence-electron chi connectivity index (χ4n) is 4.08. The van der Waals surface area contributed by atoms with Crippen LogP contribution in [0.5, 0.6) is 11.5 Å². The van der Waals surface area contributed by atoms with Gasteiger partial charge >= 0.3 is 0 Å². The number of fused-ring (bicyclic) bond motifs is 3. The highest BCUT2D eigenvalue weighted by molar-refractivity contribution is 5.69. The van der Waals surface area contributed by atoms with Crippen LogP contribution in [0.4, 0.5) is 10.2 Å². The first-order chi connectivity index (χ1) is 14.2. The summed E-state index contributed by atoms with van der Waals surface area (Å²) in [6, 6.07) is 5.03. The number of nitrogens with zero attached hydrogens (tertiary/aromatic N) is 5. The number of aryl methyl sites for hydroxylation is 1. The van der Waals surface area contributed by atoms with Crippen LogP contribution >= 0.6 is 0 Å². The van der Waals surface area contributed by atoms with Gasteiger partial charge in [-0.25, -0.2) is 9.07 Å². The van der Waals surface area contributed by atoms with E-state index in [1.165, 1.54) is 6.07 Å². The maximum Gasteiger partial charge on any atom is 0.188 e. The van der Waals surface area contributed by atoms with E-state index in [0.29, 0.717) is 42.5 Å². The van der Waals surface area contributed by atoms with Gasteiger partial charge in [0.05, 0.1) is 25.3 Å². The molecule has 29 heavy (non-hydrogen) atoms. The first-order valence-electron chi connectivity index (χ1n) is 9.38. The molecule has 9 heteroatoms. The topological polar surface area (TPSA) is 78.5 Å². The minimum atomic E-state index is -0.251. The molecule has 1 N–H and O–H groups in total. The lowest BCUT2D eigenvalue weighted by atomic mass is 9.96. The smallest absolute Gasteiger partial charge is 0.188 e. The standard InChI is InChI=1S/C20H17FN6O2/c1-11-5-24-27(7-11)15-4-17-20(26-10-23-25-19(15)26)22-6-13-14(21)2-3-16-18(13)12(8-28-16)9-29-17/h2-5,7,10,12,22H,6,8-9H2,1H3/t12-/m0/s1. The maximum atomic E-state index is 14.6. The molecule has 8 nitrogen and oxygen atoms in total. The Morgan fingerprint density at radius 3 is 2.90 bits per heavy atom. The maximum absolute atomic E-state index is 14.6. The first-order valence-corrected chi connectivity index (χ1v) is 9.38. The third-order valence-electron chi connectivity index (χ3n) is 5.46. The molecule has 0 fully saturated rings. The normalized spacial score (nSPS) is 17.4. The van der Waals surface area contributed by atoms with Gasteiger partial charge < -0.3 is 14.8 Å². The van der Waals surface area contributed by atoms with Gasteiger partial charge in [-0.3, -0.25) is 4.40 Å². The van der Waals surface area contributed by atoms with Crippen molar-refractivity contribution in [1.29, 1.82) is 0 Å². The number of hydrogen-bond donors (Lipinski definition) is 1. The third kappa shape index (κ3) is 2.40. The zero-order chi connectivity index (χ0) is 19.5. The SMILES string of the molecule is Cc1cnn(-c2cc3c(n4cnnc24)NCc2c(F)ccc4c2[C@@H](CO4)CO3)c1. The molecular formula is C20H17FN6O2. The number of aromatic nitrogens is 5. The molecule has 0 saturated carbocycles. The van der Waals surface area contributed by atoms with Gasteiger partial charge in [-0.05, 0) is 24.6 Å². The molecule has 0 aliphatic carbocycles. The van der Waals surface area contributed by atoms with Crippen molar-refractivity contribution >= 4 is 11.5 Å². The number of nitrogens with one attached hydrogen (secondary N) is 1. The highest BCUT2D eigenvalue weighted by Crippen LogP contribution is 2.41. The number of rotatable bonds is 1. The summed E-state index contributed by atoms with van der Waals surface area (Å²) in [6.45, 7) is 3.13. The van der Waals surface area contributed by atoms with Gasteiger partial charge in [-0.1, -0.05) is 0 Å². The number of anilines is 1. The Balaban J connectivity index is 1.52. The molecule has 0 amide bonds. The second kappa shape index (κ2) is 5.94. The Labute approximate surface area is 164 Å². The van der Waals surface area contributed by atoms with Crippen molar-refractivity contribution in [2.45, 2.75) is 19.4 Å². The van der Waals surface area contributed by atoms with E-state index in [9.17, 15) is 4.39 Å². The van der Waals surface area contributed by atoms with E-state index in [2.05, 4.69) is 20.6 Å². The summed E-state index contributed by atoms with van der Waals surface area (Å²) in [6.07, 6.45) is 5.31. The molecule has 2 aliphatic rings. The Hall–Kier alpha value is -3.62. The highest BCUT2D eigenvalue weighted by atomic mass is 19.1. The Bertz CT molecular complexity index is 1260. The summed E-state index contributed by atoms with van der Waals surface area (Å²) in [5, 5.41) is 16.0. The van der Waals surface area contributed by atoms with Crippen molar-refractivity contribution in [3.05, 3.63) is 59.4 Å². The summed E-state index contributed by atoms with van der Waals surface area (Å²) in [5.41, 5.74) is 3.90. The minimum Gasteiger partial charge on any atom is -0.493 e. The fraction of sp³-hybridized carbons (Fsp3) is 0.250. The van der Waals surface area contributed by atoms with Crippen LogP contribution in [0.2, 0.25) is 0 Å².